The number of nitrogens with one attached hydrogen (secondary N) is 1. The molecule has 94 valence electrons. The fourth-order valence-electron chi connectivity index (χ4n) is 1.27. The zero-order valence-electron chi connectivity index (χ0n) is 11.2. The van der Waals surface area contributed by atoms with E-state index in [0.29, 0.717) is 13.0 Å². The first-order valence-corrected chi connectivity index (χ1v) is 5.84. The Bertz CT molecular complexity index is 274. The van der Waals surface area contributed by atoms with Gasteiger partial charge < -0.3 is 5.32 Å². The minimum atomic E-state index is -0.345. The lowest BCUT2D eigenvalue weighted by molar-refractivity contribution is -0.129. The first-order valence-electron chi connectivity index (χ1n) is 5.84. The number of carbonyl (C=O) groups excluding carboxylic acids is 1. The van der Waals surface area contributed by atoms with Gasteiger partial charge in [0.15, 0.2) is 0 Å². The first-order chi connectivity index (χ1) is 7.19. The highest BCUT2D eigenvalue weighted by Gasteiger charge is 2.28. The summed E-state index contributed by atoms with van der Waals surface area (Å²) in [5, 5.41) is 11.2. The van der Waals surface area contributed by atoms with Crippen molar-refractivity contribution in [1.29, 1.82) is 5.26 Å². The lowest BCUT2D eigenvalue weighted by atomic mass is 9.79. The number of amides is 1. The van der Waals surface area contributed by atoms with Crippen LogP contribution in [-0.4, -0.2) is 12.5 Å². The molecule has 0 rings (SSSR count). The molecule has 0 fully saturated rings. The van der Waals surface area contributed by atoms with E-state index in [1.807, 2.05) is 19.9 Å². The largest absolute Gasteiger partial charge is 0.355 e. The van der Waals surface area contributed by atoms with E-state index >= 15 is 0 Å². The second-order valence-corrected chi connectivity index (χ2v) is 6.11. The van der Waals surface area contributed by atoms with E-state index in [-0.39, 0.29) is 18.2 Å². The van der Waals surface area contributed by atoms with Crippen molar-refractivity contribution in [3.63, 3.8) is 0 Å². The van der Waals surface area contributed by atoms with Gasteiger partial charge in [-0.15, -0.1) is 0 Å². The topological polar surface area (TPSA) is 52.9 Å². The molecule has 0 aliphatic heterocycles. The van der Waals surface area contributed by atoms with E-state index in [1.165, 1.54) is 0 Å². The van der Waals surface area contributed by atoms with Gasteiger partial charge in [-0.3, -0.25) is 4.79 Å². The molecule has 0 radical (unpaired) electrons. The Morgan fingerprint density at radius 1 is 1.25 bits per heavy atom. The predicted octanol–water partition coefficient (Wildman–Crippen LogP) is 3.11. The summed E-state index contributed by atoms with van der Waals surface area (Å²) >= 11 is 0. The molecule has 0 aromatic rings. The van der Waals surface area contributed by atoms with Crippen LogP contribution >= 0.6 is 0 Å². The lowest BCUT2D eigenvalue weighted by Gasteiger charge is -2.27. The fraction of sp³-hybridized carbons (Fsp3) is 0.846. The molecule has 16 heavy (non-hydrogen) atoms. The standard InChI is InChI=1S/C13H24N2O.H2/c1-12(2,3)7-8-13(4,5)11(16)15-10-6-9-14;/h6-8,10H2,1-5H3,(H,15,16);1H. The monoisotopic (exact) mass is 226 g/mol. The first kappa shape index (κ1) is 15.0. The van der Waals surface area contributed by atoms with Crippen LogP contribution < -0.4 is 5.32 Å². The highest BCUT2D eigenvalue weighted by atomic mass is 16.2. The summed E-state index contributed by atoms with van der Waals surface area (Å²) in [7, 11) is 0. The van der Waals surface area contributed by atoms with Crippen molar-refractivity contribution in [3.8, 4) is 6.07 Å². The van der Waals surface area contributed by atoms with Crippen LogP contribution in [0.1, 0.15) is 55.3 Å². The molecule has 0 bridgehead atoms. The number of carbonyl (C=O) groups is 1. The van der Waals surface area contributed by atoms with Crippen LogP contribution in [0, 0.1) is 22.2 Å². The van der Waals surface area contributed by atoms with Crippen LogP contribution in [0.15, 0.2) is 0 Å². The Morgan fingerprint density at radius 2 is 1.81 bits per heavy atom. The Balaban J connectivity index is 0. The molecule has 0 heterocycles. The molecule has 1 amide bonds. The van der Waals surface area contributed by atoms with Gasteiger partial charge in [0.2, 0.25) is 5.91 Å². The third kappa shape index (κ3) is 6.44. The van der Waals surface area contributed by atoms with Crippen LogP contribution in [0.4, 0.5) is 0 Å². The molecule has 1 N–H and O–H groups in total. The third-order valence-electron chi connectivity index (χ3n) is 2.64. The van der Waals surface area contributed by atoms with Crippen LogP contribution in [-0.2, 0) is 4.79 Å². The normalized spacial score (nSPS) is 12.0. The Labute approximate surface area is 101 Å². The van der Waals surface area contributed by atoms with E-state index in [2.05, 4.69) is 26.1 Å². The summed E-state index contributed by atoms with van der Waals surface area (Å²) in [6.07, 6.45) is 2.27. The Morgan fingerprint density at radius 3 is 2.25 bits per heavy atom. The highest BCUT2D eigenvalue weighted by Crippen LogP contribution is 2.30. The maximum Gasteiger partial charge on any atom is 0.225 e. The SMILES string of the molecule is CC(C)(C)CCC(C)(C)C(=O)NCCC#N.[HH]. The third-order valence-corrected chi connectivity index (χ3v) is 2.64. The predicted molar refractivity (Wildman–Crippen MR) is 67.8 cm³/mol. The highest BCUT2D eigenvalue weighted by molar-refractivity contribution is 5.81. The maximum atomic E-state index is 11.8. The number of nitrogens with zero attached hydrogens (tertiary/aromatic N) is 1. The van der Waals surface area contributed by atoms with Crippen molar-refractivity contribution < 1.29 is 6.22 Å². The minimum absolute atomic E-state index is 0. The lowest BCUT2D eigenvalue weighted by Crippen LogP contribution is -2.37. The summed E-state index contributed by atoms with van der Waals surface area (Å²) in [5.74, 6) is 0.0481. The van der Waals surface area contributed by atoms with Gasteiger partial charge >= 0.3 is 0 Å². The van der Waals surface area contributed by atoms with Crippen molar-refractivity contribution >= 4 is 5.91 Å². The van der Waals surface area contributed by atoms with Crippen LogP contribution in [0.2, 0.25) is 0 Å². The van der Waals surface area contributed by atoms with Crippen molar-refractivity contribution in [3.05, 3.63) is 0 Å². The molecular weight excluding hydrogens is 200 g/mol. The second kappa shape index (κ2) is 5.89. The average Bonchev–Trinajstić information content (AvgIpc) is 2.14. The molecule has 0 saturated heterocycles. The smallest absolute Gasteiger partial charge is 0.225 e. The van der Waals surface area contributed by atoms with E-state index in [4.69, 9.17) is 5.26 Å². The quantitative estimate of drug-likeness (QED) is 0.732. The summed E-state index contributed by atoms with van der Waals surface area (Å²) in [6.45, 7) is 10.9. The summed E-state index contributed by atoms with van der Waals surface area (Å²) < 4.78 is 0. The molecule has 0 aromatic heterocycles. The number of nitriles is 1. The van der Waals surface area contributed by atoms with Crippen molar-refractivity contribution in [2.75, 3.05) is 6.54 Å². The van der Waals surface area contributed by atoms with Crippen LogP contribution in [0.5, 0.6) is 0 Å². The van der Waals surface area contributed by atoms with Gasteiger partial charge in [0.1, 0.15) is 0 Å². The summed E-state index contributed by atoms with van der Waals surface area (Å²) in [4.78, 5) is 11.8. The van der Waals surface area contributed by atoms with Crippen molar-refractivity contribution in [2.45, 2.75) is 53.9 Å². The van der Waals surface area contributed by atoms with Gasteiger partial charge in [-0.2, -0.15) is 5.26 Å². The van der Waals surface area contributed by atoms with Gasteiger partial charge in [-0.25, -0.2) is 0 Å². The maximum absolute atomic E-state index is 11.8. The second-order valence-electron chi connectivity index (χ2n) is 6.11. The fourth-order valence-corrected chi connectivity index (χ4v) is 1.27. The molecule has 0 saturated carbocycles. The Hall–Kier alpha value is -1.04. The zero-order chi connectivity index (χ0) is 12.8. The van der Waals surface area contributed by atoms with E-state index in [9.17, 15) is 4.79 Å². The molecular formula is C13H26N2O. The van der Waals surface area contributed by atoms with Gasteiger partial charge in [-0.1, -0.05) is 34.6 Å². The molecule has 0 aliphatic carbocycles. The minimum Gasteiger partial charge on any atom is -0.355 e. The average molecular weight is 226 g/mol. The van der Waals surface area contributed by atoms with Crippen molar-refractivity contribution in [2.24, 2.45) is 10.8 Å². The molecule has 3 nitrogen and oxygen atoms in total. The number of rotatable bonds is 5. The molecule has 0 aromatic carbocycles. The van der Waals surface area contributed by atoms with Crippen LogP contribution in [0.25, 0.3) is 0 Å². The molecule has 3 heteroatoms. The zero-order valence-corrected chi connectivity index (χ0v) is 11.2. The van der Waals surface area contributed by atoms with Crippen LogP contribution in [0.3, 0.4) is 0 Å². The van der Waals surface area contributed by atoms with Gasteiger partial charge in [0.25, 0.3) is 0 Å². The Kier molecular flexibility index (Phi) is 5.50. The molecule has 0 atom stereocenters. The van der Waals surface area contributed by atoms with E-state index in [0.717, 1.165) is 12.8 Å². The summed E-state index contributed by atoms with van der Waals surface area (Å²) in [6, 6.07) is 2.02. The molecule has 0 spiro atoms. The van der Waals surface area contributed by atoms with E-state index in [1.54, 1.807) is 0 Å². The molecule has 0 aliphatic rings. The van der Waals surface area contributed by atoms with E-state index < -0.39 is 0 Å². The number of hydrogen-bond donors (Lipinski definition) is 1. The summed E-state index contributed by atoms with van der Waals surface area (Å²) in [5.41, 5.74) is -0.0903. The van der Waals surface area contributed by atoms with Gasteiger partial charge in [0.05, 0.1) is 12.5 Å². The van der Waals surface area contributed by atoms with Crippen molar-refractivity contribution in [1.82, 2.24) is 5.32 Å². The van der Waals surface area contributed by atoms with Gasteiger partial charge in [0, 0.05) is 13.4 Å². The van der Waals surface area contributed by atoms with Gasteiger partial charge in [-0.05, 0) is 18.3 Å². The molecule has 0 unspecified atom stereocenters. The number of hydrogen-bond acceptors (Lipinski definition) is 2.